The SMILES string of the molecule is Cc1cc2c3c4c1C(C)(C)CN4CCC3CCC2(C)C. The van der Waals surface area contributed by atoms with Gasteiger partial charge in [0.2, 0.25) is 0 Å². The minimum atomic E-state index is 0.324. The number of hydrogen-bond donors (Lipinski definition) is 0. The Kier molecular flexibility index (Phi) is 2.30. The lowest BCUT2D eigenvalue weighted by atomic mass is 9.65. The van der Waals surface area contributed by atoms with Gasteiger partial charge in [0.25, 0.3) is 0 Å². The molecule has 0 amide bonds. The zero-order chi connectivity index (χ0) is 14.3. The van der Waals surface area contributed by atoms with Gasteiger partial charge in [0.1, 0.15) is 0 Å². The number of aryl methyl sites for hydroxylation is 1. The van der Waals surface area contributed by atoms with E-state index < -0.39 is 0 Å². The van der Waals surface area contributed by atoms with E-state index >= 15 is 0 Å². The largest absolute Gasteiger partial charge is 0.370 e. The van der Waals surface area contributed by atoms with Gasteiger partial charge in [0, 0.05) is 24.2 Å². The van der Waals surface area contributed by atoms with Crippen LogP contribution < -0.4 is 4.90 Å². The Morgan fingerprint density at radius 3 is 2.60 bits per heavy atom. The molecule has 1 atom stereocenters. The van der Waals surface area contributed by atoms with Crippen LogP contribution in [0, 0.1) is 6.92 Å². The zero-order valence-electron chi connectivity index (χ0n) is 13.6. The topological polar surface area (TPSA) is 3.24 Å². The Hall–Kier alpha value is -0.980. The number of nitrogens with zero attached hydrogens (tertiary/aromatic N) is 1. The fourth-order valence-electron chi connectivity index (χ4n) is 5.21. The number of benzene rings is 1. The average Bonchev–Trinajstić information content (AvgIpc) is 2.63. The van der Waals surface area contributed by atoms with E-state index in [0.29, 0.717) is 10.8 Å². The molecule has 1 nitrogen and oxygen atoms in total. The third-order valence-corrected chi connectivity index (χ3v) is 6.12. The highest BCUT2D eigenvalue weighted by molar-refractivity contribution is 5.74. The van der Waals surface area contributed by atoms with Crippen LogP contribution in [0.25, 0.3) is 0 Å². The van der Waals surface area contributed by atoms with Crippen molar-refractivity contribution in [2.45, 2.75) is 70.6 Å². The molecule has 0 fully saturated rings. The van der Waals surface area contributed by atoms with Crippen molar-refractivity contribution in [2.75, 3.05) is 18.0 Å². The summed E-state index contributed by atoms with van der Waals surface area (Å²) in [5.41, 5.74) is 8.91. The highest BCUT2D eigenvalue weighted by Gasteiger charge is 2.45. The molecule has 3 aliphatic rings. The van der Waals surface area contributed by atoms with Crippen molar-refractivity contribution in [3.63, 3.8) is 0 Å². The Labute approximate surface area is 123 Å². The molecular weight excluding hydrogens is 242 g/mol. The minimum absolute atomic E-state index is 0.324. The van der Waals surface area contributed by atoms with Gasteiger partial charge in [-0.25, -0.2) is 0 Å². The molecule has 108 valence electrons. The molecule has 0 radical (unpaired) electrons. The van der Waals surface area contributed by atoms with E-state index in [1.165, 1.54) is 37.9 Å². The van der Waals surface area contributed by atoms with Crippen molar-refractivity contribution in [2.24, 2.45) is 0 Å². The third-order valence-electron chi connectivity index (χ3n) is 6.12. The molecule has 0 saturated heterocycles. The normalized spacial score (nSPS) is 28.4. The molecule has 1 aromatic carbocycles. The molecule has 0 bridgehead atoms. The van der Waals surface area contributed by atoms with Gasteiger partial charge in [0.15, 0.2) is 0 Å². The molecule has 20 heavy (non-hydrogen) atoms. The van der Waals surface area contributed by atoms with Crippen molar-refractivity contribution in [3.05, 3.63) is 28.3 Å². The van der Waals surface area contributed by atoms with Crippen LogP contribution in [0.5, 0.6) is 0 Å². The second-order valence-electron chi connectivity index (χ2n) is 8.59. The number of anilines is 1. The van der Waals surface area contributed by atoms with Crippen molar-refractivity contribution in [1.82, 2.24) is 0 Å². The molecular formula is C19H27N. The van der Waals surface area contributed by atoms with E-state index in [9.17, 15) is 0 Å². The molecule has 1 aromatic rings. The van der Waals surface area contributed by atoms with Gasteiger partial charge >= 0.3 is 0 Å². The van der Waals surface area contributed by atoms with Gasteiger partial charge in [-0.1, -0.05) is 33.8 Å². The molecule has 0 spiro atoms. The fourth-order valence-corrected chi connectivity index (χ4v) is 5.21. The zero-order valence-corrected chi connectivity index (χ0v) is 13.6. The predicted octanol–water partition coefficient (Wildman–Crippen LogP) is 4.65. The maximum absolute atomic E-state index is 2.69. The molecule has 2 aliphatic heterocycles. The molecule has 1 aliphatic carbocycles. The van der Waals surface area contributed by atoms with E-state index in [1.54, 1.807) is 22.4 Å². The van der Waals surface area contributed by atoms with Crippen LogP contribution in [0.3, 0.4) is 0 Å². The summed E-state index contributed by atoms with van der Waals surface area (Å²) in [6.45, 7) is 14.6. The molecule has 0 saturated carbocycles. The van der Waals surface area contributed by atoms with Gasteiger partial charge in [0.05, 0.1) is 0 Å². The van der Waals surface area contributed by atoms with E-state index in [2.05, 4.69) is 45.6 Å². The summed E-state index contributed by atoms with van der Waals surface area (Å²) in [4.78, 5) is 2.69. The second kappa shape index (κ2) is 3.61. The van der Waals surface area contributed by atoms with E-state index in [1.807, 2.05) is 0 Å². The predicted molar refractivity (Wildman–Crippen MR) is 86.0 cm³/mol. The summed E-state index contributed by atoms with van der Waals surface area (Å²) < 4.78 is 0. The van der Waals surface area contributed by atoms with Gasteiger partial charge in [-0.2, -0.15) is 0 Å². The number of hydrogen-bond acceptors (Lipinski definition) is 1. The molecule has 4 rings (SSSR count). The van der Waals surface area contributed by atoms with E-state index in [-0.39, 0.29) is 0 Å². The smallest absolute Gasteiger partial charge is 0.0446 e. The summed E-state index contributed by atoms with van der Waals surface area (Å²) in [6, 6.07) is 2.54. The minimum Gasteiger partial charge on any atom is -0.370 e. The van der Waals surface area contributed by atoms with Crippen molar-refractivity contribution >= 4 is 5.69 Å². The first-order valence-corrected chi connectivity index (χ1v) is 8.25. The maximum atomic E-state index is 2.69. The van der Waals surface area contributed by atoms with Gasteiger partial charge in [-0.3, -0.25) is 0 Å². The summed E-state index contributed by atoms with van der Waals surface area (Å²) >= 11 is 0. The highest BCUT2D eigenvalue weighted by Crippen LogP contribution is 2.56. The van der Waals surface area contributed by atoms with E-state index in [4.69, 9.17) is 0 Å². The van der Waals surface area contributed by atoms with Gasteiger partial charge in [-0.15, -0.1) is 0 Å². The van der Waals surface area contributed by atoms with Crippen LogP contribution in [0.2, 0.25) is 0 Å². The molecule has 1 heteroatoms. The summed E-state index contributed by atoms with van der Waals surface area (Å²) in [5, 5.41) is 0. The Bertz CT molecular complexity index is 594. The lowest BCUT2D eigenvalue weighted by Crippen LogP contribution is -2.36. The van der Waals surface area contributed by atoms with Crippen LogP contribution in [0.1, 0.15) is 75.1 Å². The second-order valence-corrected chi connectivity index (χ2v) is 8.59. The summed E-state index contributed by atoms with van der Waals surface area (Å²) in [5.74, 6) is 0.831. The Morgan fingerprint density at radius 1 is 1.10 bits per heavy atom. The maximum Gasteiger partial charge on any atom is 0.0446 e. The molecule has 1 unspecified atom stereocenters. The quantitative estimate of drug-likeness (QED) is 0.662. The van der Waals surface area contributed by atoms with Crippen LogP contribution in [0.15, 0.2) is 6.07 Å². The third kappa shape index (κ3) is 1.44. The summed E-state index contributed by atoms with van der Waals surface area (Å²) in [6.07, 6.45) is 4.12. The standard InChI is InChI=1S/C19H27N/c1-12-10-14-15-13(6-8-18(14,2)3)7-9-20-11-19(4,5)16(12)17(15)20/h10,13H,6-9,11H2,1-5H3. The first kappa shape index (κ1) is 12.7. The fraction of sp³-hybridized carbons (Fsp3) is 0.684. The van der Waals surface area contributed by atoms with Crippen LogP contribution in [-0.2, 0) is 10.8 Å². The van der Waals surface area contributed by atoms with Crippen molar-refractivity contribution in [3.8, 4) is 0 Å². The Balaban J connectivity index is 2.08. The molecule has 0 aromatic heterocycles. The van der Waals surface area contributed by atoms with Crippen molar-refractivity contribution in [1.29, 1.82) is 0 Å². The van der Waals surface area contributed by atoms with Crippen molar-refractivity contribution < 1.29 is 0 Å². The van der Waals surface area contributed by atoms with Crippen LogP contribution in [-0.4, -0.2) is 13.1 Å². The highest BCUT2D eigenvalue weighted by atomic mass is 15.2. The molecule has 0 N–H and O–H groups in total. The van der Waals surface area contributed by atoms with Gasteiger partial charge in [-0.05, 0) is 59.8 Å². The average molecular weight is 269 g/mol. The first-order chi connectivity index (χ1) is 9.31. The monoisotopic (exact) mass is 269 g/mol. The lowest BCUT2D eigenvalue weighted by Gasteiger charge is -2.43. The molecule has 2 heterocycles. The Morgan fingerprint density at radius 2 is 1.85 bits per heavy atom. The van der Waals surface area contributed by atoms with Crippen LogP contribution in [0.4, 0.5) is 5.69 Å². The van der Waals surface area contributed by atoms with Crippen LogP contribution >= 0.6 is 0 Å². The number of rotatable bonds is 0. The first-order valence-electron chi connectivity index (χ1n) is 8.25. The lowest BCUT2D eigenvalue weighted by molar-refractivity contribution is 0.375. The van der Waals surface area contributed by atoms with E-state index in [0.717, 1.165) is 5.92 Å². The summed E-state index contributed by atoms with van der Waals surface area (Å²) in [7, 11) is 0. The van der Waals surface area contributed by atoms with Gasteiger partial charge < -0.3 is 4.90 Å².